The minimum Gasteiger partial charge on any atom is -0.398 e. The van der Waals surface area contributed by atoms with Crippen molar-refractivity contribution in [3.8, 4) is 11.1 Å². The average Bonchev–Trinajstić information content (AvgIpc) is 3.43. The Kier molecular flexibility index (Phi) is 8.52. The van der Waals surface area contributed by atoms with Gasteiger partial charge in [-0.05, 0) is 66.1 Å². The van der Waals surface area contributed by atoms with Gasteiger partial charge < -0.3 is 26.7 Å². The molecule has 1 unspecified atom stereocenters. The smallest absolute Gasteiger partial charge is 0.261 e. The number of nitrogens with two attached hydrogens (primary N) is 1. The molecule has 1 aromatic carbocycles. The largest absolute Gasteiger partial charge is 0.398 e. The van der Waals surface area contributed by atoms with Crippen molar-refractivity contribution < 1.29 is 14.4 Å². The molecule has 2 aromatic heterocycles. The average molecular weight is 533 g/mol. The number of hydrogen-bond acceptors (Lipinski definition) is 7. The number of amides is 3. The van der Waals surface area contributed by atoms with Gasteiger partial charge in [-0.1, -0.05) is 6.92 Å². The molecule has 3 aromatic rings. The van der Waals surface area contributed by atoms with Crippen LogP contribution in [0.25, 0.3) is 11.1 Å². The highest BCUT2D eigenvalue weighted by molar-refractivity contribution is 7.12. The second-order valence-corrected chi connectivity index (χ2v) is 10.3. The van der Waals surface area contributed by atoms with Crippen molar-refractivity contribution in [3.63, 3.8) is 0 Å². The van der Waals surface area contributed by atoms with Gasteiger partial charge in [0.1, 0.15) is 0 Å². The van der Waals surface area contributed by atoms with Crippen molar-refractivity contribution in [2.75, 3.05) is 18.8 Å². The molecule has 1 saturated heterocycles. The van der Waals surface area contributed by atoms with E-state index < -0.39 is 0 Å². The first-order chi connectivity index (χ1) is 18.3. The fraction of sp³-hybridized carbons (Fsp3) is 0.321. The topological polar surface area (TPSA) is 141 Å². The molecular weight excluding hydrogens is 500 g/mol. The normalized spacial score (nSPS) is 14.5. The number of hydrogen-bond donors (Lipinski definition) is 4. The van der Waals surface area contributed by atoms with E-state index in [1.807, 2.05) is 24.4 Å². The predicted molar refractivity (Wildman–Crippen MR) is 150 cm³/mol. The van der Waals surface area contributed by atoms with Crippen molar-refractivity contribution in [2.45, 2.75) is 45.2 Å². The van der Waals surface area contributed by atoms with E-state index in [1.165, 1.54) is 11.3 Å². The third kappa shape index (κ3) is 6.25. The Balaban J connectivity index is 1.43. The maximum absolute atomic E-state index is 12.9. The van der Waals surface area contributed by atoms with E-state index in [1.54, 1.807) is 42.4 Å². The molecule has 1 aliphatic heterocycles. The molecule has 1 atom stereocenters. The summed E-state index contributed by atoms with van der Waals surface area (Å²) in [4.78, 5) is 44.1. The lowest BCUT2D eigenvalue weighted by Gasteiger charge is -2.31. The number of piperidine rings is 1. The van der Waals surface area contributed by atoms with E-state index in [4.69, 9.17) is 11.1 Å². The lowest BCUT2D eigenvalue weighted by molar-refractivity contribution is -0.129. The fourth-order valence-corrected chi connectivity index (χ4v) is 5.33. The van der Waals surface area contributed by atoms with E-state index in [0.717, 1.165) is 35.7 Å². The molecule has 198 valence electrons. The fourth-order valence-electron chi connectivity index (χ4n) is 4.51. The first kappa shape index (κ1) is 27.0. The summed E-state index contributed by atoms with van der Waals surface area (Å²) in [6, 6.07) is 8.50. The Morgan fingerprint density at radius 2 is 1.92 bits per heavy atom. The summed E-state index contributed by atoms with van der Waals surface area (Å²) in [5.74, 6) is -0.298. The minimum absolute atomic E-state index is 0.0544. The predicted octanol–water partition coefficient (Wildman–Crippen LogP) is 4.01. The van der Waals surface area contributed by atoms with Crippen LogP contribution >= 0.6 is 11.3 Å². The second kappa shape index (κ2) is 12.0. The summed E-state index contributed by atoms with van der Waals surface area (Å²) in [7, 11) is 0. The minimum atomic E-state index is -0.266. The SMILES string of the molecule is CCC(NC(=O)c1ccc(N)c(C=N)c1)c1cncc(-c2csc(C(=O)NC3CCN(C(C)=O)CC3)c2)c1. The number of nitrogen functional groups attached to an aromatic ring is 1. The van der Waals surface area contributed by atoms with Crippen LogP contribution < -0.4 is 16.4 Å². The number of nitrogens with one attached hydrogen (secondary N) is 3. The van der Waals surface area contributed by atoms with Crippen LogP contribution in [0.4, 0.5) is 5.69 Å². The van der Waals surface area contributed by atoms with Crippen LogP contribution in [-0.2, 0) is 4.79 Å². The number of nitrogens with zero attached hydrogens (tertiary/aromatic N) is 2. The molecule has 0 saturated carbocycles. The number of pyridine rings is 1. The maximum atomic E-state index is 12.9. The summed E-state index contributed by atoms with van der Waals surface area (Å²) >= 11 is 1.38. The molecule has 0 spiro atoms. The zero-order chi connectivity index (χ0) is 27.2. The molecule has 0 aliphatic carbocycles. The van der Waals surface area contributed by atoms with Gasteiger partial charge in [-0.2, -0.15) is 0 Å². The lowest BCUT2D eigenvalue weighted by Crippen LogP contribution is -2.45. The number of thiophene rings is 1. The van der Waals surface area contributed by atoms with Gasteiger partial charge in [-0.25, -0.2) is 0 Å². The molecule has 3 amide bonds. The zero-order valence-corrected chi connectivity index (χ0v) is 22.3. The lowest BCUT2D eigenvalue weighted by atomic mass is 10.0. The standard InChI is InChI=1S/C28H32N6O3S/c1-3-25(33-27(36)18-4-5-24(30)19(10-18)13-29)21-11-20(14-31-15-21)22-12-26(38-16-22)28(37)32-23-6-8-34(9-7-23)17(2)35/h4-5,10-16,23,25,29H,3,6-9,30H2,1-2H3,(H,32,37)(H,33,36). The molecule has 5 N–H and O–H groups in total. The second-order valence-electron chi connectivity index (χ2n) is 9.38. The number of aromatic nitrogens is 1. The number of benzene rings is 1. The molecule has 3 heterocycles. The first-order valence-electron chi connectivity index (χ1n) is 12.6. The zero-order valence-electron chi connectivity index (χ0n) is 21.5. The van der Waals surface area contributed by atoms with E-state index in [0.29, 0.717) is 41.2 Å². The number of carbonyl (C=O) groups excluding carboxylic acids is 3. The molecular formula is C28H32N6O3S. The molecule has 10 heteroatoms. The first-order valence-corrected chi connectivity index (χ1v) is 13.5. The Labute approximate surface area is 226 Å². The molecule has 9 nitrogen and oxygen atoms in total. The Hall–Kier alpha value is -4.05. The summed E-state index contributed by atoms with van der Waals surface area (Å²) in [6.45, 7) is 4.87. The van der Waals surface area contributed by atoms with E-state index in [9.17, 15) is 14.4 Å². The van der Waals surface area contributed by atoms with Gasteiger partial charge in [-0.15, -0.1) is 11.3 Å². The molecule has 4 rings (SSSR count). The Morgan fingerprint density at radius 3 is 2.61 bits per heavy atom. The quantitative estimate of drug-likeness (QED) is 0.256. The summed E-state index contributed by atoms with van der Waals surface area (Å²) in [5.41, 5.74) is 9.82. The van der Waals surface area contributed by atoms with Gasteiger partial charge in [0.15, 0.2) is 0 Å². The number of rotatable bonds is 8. The van der Waals surface area contributed by atoms with Crippen LogP contribution in [0.5, 0.6) is 0 Å². The Morgan fingerprint density at radius 1 is 1.16 bits per heavy atom. The van der Waals surface area contributed by atoms with Crippen molar-refractivity contribution in [1.82, 2.24) is 20.5 Å². The molecule has 38 heavy (non-hydrogen) atoms. The van der Waals surface area contributed by atoms with Crippen molar-refractivity contribution in [2.24, 2.45) is 0 Å². The van der Waals surface area contributed by atoms with Gasteiger partial charge in [-0.3, -0.25) is 19.4 Å². The van der Waals surface area contributed by atoms with Crippen molar-refractivity contribution in [1.29, 1.82) is 5.41 Å². The highest BCUT2D eigenvalue weighted by Crippen LogP contribution is 2.28. The monoisotopic (exact) mass is 532 g/mol. The van der Waals surface area contributed by atoms with Crippen LogP contribution in [0.3, 0.4) is 0 Å². The van der Waals surface area contributed by atoms with Gasteiger partial charge in [0.05, 0.1) is 10.9 Å². The van der Waals surface area contributed by atoms with Gasteiger partial charge in [0, 0.05) is 67.0 Å². The third-order valence-corrected chi connectivity index (χ3v) is 7.74. The molecule has 1 aliphatic rings. The summed E-state index contributed by atoms with van der Waals surface area (Å²) in [5, 5.41) is 15.5. The highest BCUT2D eigenvalue weighted by atomic mass is 32.1. The summed E-state index contributed by atoms with van der Waals surface area (Å²) in [6.07, 6.45) is 6.76. The molecule has 1 fully saturated rings. The van der Waals surface area contributed by atoms with E-state index in [2.05, 4.69) is 15.6 Å². The summed E-state index contributed by atoms with van der Waals surface area (Å²) < 4.78 is 0. The van der Waals surface area contributed by atoms with Crippen LogP contribution in [0.1, 0.15) is 70.3 Å². The van der Waals surface area contributed by atoms with Gasteiger partial charge in [0.25, 0.3) is 11.8 Å². The number of carbonyl (C=O) groups is 3. The van der Waals surface area contributed by atoms with Gasteiger partial charge >= 0.3 is 0 Å². The van der Waals surface area contributed by atoms with Crippen LogP contribution in [0.15, 0.2) is 48.1 Å². The van der Waals surface area contributed by atoms with Crippen molar-refractivity contribution in [3.05, 3.63) is 69.7 Å². The molecule has 0 bridgehead atoms. The van der Waals surface area contributed by atoms with E-state index in [-0.39, 0.29) is 29.8 Å². The number of anilines is 1. The third-order valence-electron chi connectivity index (χ3n) is 6.81. The Bertz CT molecular complexity index is 1350. The number of likely N-dealkylation sites (tertiary alicyclic amines) is 1. The van der Waals surface area contributed by atoms with Crippen LogP contribution in [0.2, 0.25) is 0 Å². The van der Waals surface area contributed by atoms with Crippen LogP contribution in [-0.4, -0.2) is 53.0 Å². The van der Waals surface area contributed by atoms with E-state index >= 15 is 0 Å². The maximum Gasteiger partial charge on any atom is 0.261 e. The molecule has 0 radical (unpaired) electrons. The van der Waals surface area contributed by atoms with Gasteiger partial charge in [0.2, 0.25) is 5.91 Å². The highest BCUT2D eigenvalue weighted by Gasteiger charge is 2.23. The van der Waals surface area contributed by atoms with Crippen LogP contribution in [0, 0.1) is 5.41 Å². The van der Waals surface area contributed by atoms with Crippen molar-refractivity contribution >= 4 is 41.0 Å².